The maximum Gasteiger partial charge on any atom is 0.278 e. The van der Waals surface area contributed by atoms with Crippen molar-refractivity contribution in [3.05, 3.63) is 71.7 Å². The summed E-state index contributed by atoms with van der Waals surface area (Å²) in [4.78, 5) is 29.3. The molecule has 3 aliphatic rings. The van der Waals surface area contributed by atoms with E-state index < -0.39 is 9.73 Å². The van der Waals surface area contributed by atoms with Gasteiger partial charge in [-0.3, -0.25) is 9.69 Å². The summed E-state index contributed by atoms with van der Waals surface area (Å²) >= 11 is 0. The van der Waals surface area contributed by atoms with Gasteiger partial charge < -0.3 is 10.1 Å². The van der Waals surface area contributed by atoms with Crippen LogP contribution in [0.1, 0.15) is 12.8 Å². The van der Waals surface area contributed by atoms with E-state index in [9.17, 15) is 9.00 Å². The highest BCUT2D eigenvalue weighted by molar-refractivity contribution is 7.92. The summed E-state index contributed by atoms with van der Waals surface area (Å²) in [5.41, 5.74) is 0.902. The molecule has 3 aromatic heterocycles. The minimum atomic E-state index is -2.42. The van der Waals surface area contributed by atoms with Crippen molar-refractivity contribution >= 4 is 38.2 Å². The number of aromatic nitrogens is 5. The van der Waals surface area contributed by atoms with Gasteiger partial charge in [-0.1, -0.05) is 12.1 Å². The summed E-state index contributed by atoms with van der Waals surface area (Å²) < 4.78 is 25.9. The van der Waals surface area contributed by atoms with Crippen molar-refractivity contribution in [2.24, 2.45) is 10.3 Å². The standard InChI is InChI=1S/C28H32N8O3S/c1-4-14-35-27(37)22-17-29-28(32-26(22)36(35)25-7-5-6-24(31-25)33-40(2,3)38)30-20-8-10-21(11-9-20)39-23-18-34-15-12-19(23)13-16-34/h4-11,17,19,23H,1,12-16,18H2,2-3H3,(H,29,30,32). The predicted molar refractivity (Wildman–Crippen MR) is 157 cm³/mol. The second-order valence-electron chi connectivity index (χ2n) is 10.5. The largest absolute Gasteiger partial charge is 0.489 e. The van der Waals surface area contributed by atoms with Crippen molar-refractivity contribution in [3.8, 4) is 11.6 Å². The molecule has 6 heterocycles. The molecule has 7 rings (SSSR count). The topological polar surface area (TPSA) is 120 Å². The number of pyridine rings is 1. The molecule has 11 nitrogen and oxygen atoms in total. The minimum Gasteiger partial charge on any atom is -0.489 e. The second kappa shape index (κ2) is 10.5. The van der Waals surface area contributed by atoms with E-state index in [1.807, 2.05) is 24.3 Å². The third-order valence-electron chi connectivity index (χ3n) is 7.22. The number of piperidine rings is 3. The Labute approximate surface area is 232 Å². The van der Waals surface area contributed by atoms with Crippen LogP contribution in [0.3, 0.4) is 0 Å². The van der Waals surface area contributed by atoms with Crippen LogP contribution in [-0.2, 0) is 16.3 Å². The number of nitrogens with one attached hydrogen (secondary N) is 1. The number of allylic oxidation sites excluding steroid dienone is 1. The first-order chi connectivity index (χ1) is 19.3. The van der Waals surface area contributed by atoms with Crippen molar-refractivity contribution in [2.75, 3.05) is 37.5 Å². The van der Waals surface area contributed by atoms with Gasteiger partial charge >= 0.3 is 0 Å². The SMILES string of the molecule is C=CCn1c(=O)c2cnc(Nc3ccc(OC4CN5CCC4CC5)cc3)nc2n1-c1cccc(N=S(C)(C)=O)n1. The summed E-state index contributed by atoms with van der Waals surface area (Å²) in [5.74, 6) is 2.52. The first-order valence-corrected chi connectivity index (χ1v) is 15.6. The minimum absolute atomic E-state index is 0.236. The molecule has 1 unspecified atom stereocenters. The summed E-state index contributed by atoms with van der Waals surface area (Å²) in [6, 6.07) is 12.9. The number of fused-ring (bicyclic) bond motifs is 4. The molecule has 2 bridgehead atoms. The molecule has 208 valence electrons. The first kappa shape index (κ1) is 26.2. The van der Waals surface area contributed by atoms with E-state index in [-0.39, 0.29) is 18.2 Å². The molecule has 0 saturated carbocycles. The first-order valence-electron chi connectivity index (χ1n) is 13.3. The van der Waals surface area contributed by atoms with E-state index in [1.54, 1.807) is 41.5 Å². The van der Waals surface area contributed by atoms with Crippen molar-refractivity contribution in [1.29, 1.82) is 0 Å². The molecule has 1 N–H and O–H groups in total. The van der Waals surface area contributed by atoms with Gasteiger partial charge in [-0.15, -0.1) is 6.58 Å². The highest BCUT2D eigenvalue weighted by Gasteiger charge is 2.35. The molecule has 3 fully saturated rings. The molecule has 0 aliphatic carbocycles. The Hall–Kier alpha value is -4.03. The van der Waals surface area contributed by atoms with Crippen molar-refractivity contribution < 1.29 is 8.95 Å². The van der Waals surface area contributed by atoms with Gasteiger partial charge in [-0.2, -0.15) is 9.35 Å². The lowest BCUT2D eigenvalue weighted by Gasteiger charge is -2.44. The Kier molecular flexibility index (Phi) is 6.88. The number of benzene rings is 1. The number of hydrogen-bond donors (Lipinski definition) is 1. The Balaban J connectivity index is 1.30. The second-order valence-corrected chi connectivity index (χ2v) is 13.0. The summed E-state index contributed by atoms with van der Waals surface area (Å²) in [6.45, 7) is 7.37. The van der Waals surface area contributed by atoms with Crippen LogP contribution < -0.4 is 15.6 Å². The van der Waals surface area contributed by atoms with Crippen LogP contribution >= 0.6 is 0 Å². The number of ether oxygens (including phenoxy) is 1. The molecule has 0 radical (unpaired) electrons. The third kappa shape index (κ3) is 5.36. The molecular weight excluding hydrogens is 528 g/mol. The van der Waals surface area contributed by atoms with E-state index in [2.05, 4.69) is 36.1 Å². The maximum absolute atomic E-state index is 13.2. The van der Waals surface area contributed by atoms with Crippen LogP contribution in [0.5, 0.6) is 5.75 Å². The molecule has 0 amide bonds. The molecule has 3 saturated heterocycles. The predicted octanol–water partition coefficient (Wildman–Crippen LogP) is 3.74. The molecule has 1 aromatic carbocycles. The molecule has 3 aliphatic heterocycles. The fourth-order valence-corrected chi connectivity index (χ4v) is 5.93. The van der Waals surface area contributed by atoms with Gasteiger partial charge in [-0.25, -0.2) is 23.5 Å². The highest BCUT2D eigenvalue weighted by atomic mass is 32.2. The number of anilines is 2. The van der Waals surface area contributed by atoms with Gasteiger partial charge in [0.25, 0.3) is 5.56 Å². The average Bonchev–Trinajstić information content (AvgIpc) is 3.20. The molecule has 4 aromatic rings. The normalized spacial score (nSPS) is 20.4. The van der Waals surface area contributed by atoms with E-state index in [0.717, 1.165) is 18.0 Å². The van der Waals surface area contributed by atoms with Gasteiger partial charge in [0.05, 0.1) is 6.54 Å². The summed E-state index contributed by atoms with van der Waals surface area (Å²) in [6.07, 6.45) is 8.87. The van der Waals surface area contributed by atoms with Gasteiger partial charge in [-0.05, 0) is 68.2 Å². The zero-order valence-electron chi connectivity index (χ0n) is 22.6. The number of hydrogen-bond acceptors (Lipinski definition) is 9. The monoisotopic (exact) mass is 560 g/mol. The Morgan fingerprint density at radius 2 is 1.93 bits per heavy atom. The van der Waals surface area contributed by atoms with Gasteiger partial charge in [0, 0.05) is 40.7 Å². The zero-order chi connectivity index (χ0) is 27.9. The van der Waals surface area contributed by atoms with E-state index in [0.29, 0.717) is 34.5 Å². The van der Waals surface area contributed by atoms with Gasteiger partial charge in [0.15, 0.2) is 17.3 Å². The summed E-state index contributed by atoms with van der Waals surface area (Å²) in [5, 5.41) is 3.57. The Morgan fingerprint density at radius 1 is 1.15 bits per heavy atom. The molecule has 12 heteroatoms. The van der Waals surface area contributed by atoms with Crippen molar-refractivity contribution in [2.45, 2.75) is 25.5 Å². The smallest absolute Gasteiger partial charge is 0.278 e. The van der Waals surface area contributed by atoms with Crippen molar-refractivity contribution in [1.82, 2.24) is 29.2 Å². The highest BCUT2D eigenvalue weighted by Crippen LogP contribution is 2.31. The fourth-order valence-electron chi connectivity index (χ4n) is 5.38. The molecule has 1 atom stereocenters. The number of rotatable bonds is 8. The average molecular weight is 561 g/mol. The maximum atomic E-state index is 13.2. The molecular formula is C28H32N8O3S. The fraction of sp³-hybridized carbons (Fsp3) is 0.357. The summed E-state index contributed by atoms with van der Waals surface area (Å²) in [7, 11) is -2.42. The van der Waals surface area contributed by atoms with Gasteiger partial charge in [0.2, 0.25) is 5.95 Å². The van der Waals surface area contributed by atoms with Crippen LogP contribution in [0.4, 0.5) is 17.5 Å². The quantitative estimate of drug-likeness (QED) is 0.324. The van der Waals surface area contributed by atoms with Crippen LogP contribution in [-0.4, -0.2) is 71.7 Å². The third-order valence-corrected chi connectivity index (χ3v) is 7.85. The number of nitrogens with zero attached hydrogens (tertiary/aromatic N) is 7. The zero-order valence-corrected chi connectivity index (χ0v) is 23.4. The van der Waals surface area contributed by atoms with Crippen LogP contribution in [0.15, 0.2) is 70.5 Å². The molecule has 0 spiro atoms. The van der Waals surface area contributed by atoms with Crippen molar-refractivity contribution in [3.63, 3.8) is 0 Å². The van der Waals surface area contributed by atoms with Crippen LogP contribution in [0.25, 0.3) is 16.9 Å². The Morgan fingerprint density at radius 3 is 2.60 bits per heavy atom. The lowest BCUT2D eigenvalue weighted by atomic mass is 9.86. The Bertz CT molecular complexity index is 1740. The lowest BCUT2D eigenvalue weighted by molar-refractivity contribution is -0.00775. The molecule has 40 heavy (non-hydrogen) atoms. The van der Waals surface area contributed by atoms with E-state index >= 15 is 0 Å². The lowest BCUT2D eigenvalue weighted by Crippen LogP contribution is -2.52. The van der Waals surface area contributed by atoms with Gasteiger partial charge in [0.1, 0.15) is 17.2 Å². The van der Waals surface area contributed by atoms with Crippen LogP contribution in [0.2, 0.25) is 0 Å². The van der Waals surface area contributed by atoms with E-state index in [1.165, 1.54) is 36.8 Å². The van der Waals surface area contributed by atoms with E-state index in [4.69, 9.17) is 4.74 Å². The van der Waals surface area contributed by atoms with Crippen LogP contribution in [0, 0.1) is 5.92 Å².